The minimum atomic E-state index is -0.159. The van der Waals surface area contributed by atoms with Crippen molar-refractivity contribution in [3.05, 3.63) is 50.1 Å². The van der Waals surface area contributed by atoms with Crippen molar-refractivity contribution in [2.24, 2.45) is 11.3 Å². The van der Waals surface area contributed by atoms with E-state index in [9.17, 15) is 10.1 Å². The highest BCUT2D eigenvalue weighted by atomic mass is 35.5. The molecular weight excluding hydrogens is 538 g/mol. The highest BCUT2D eigenvalue weighted by Gasteiger charge is 2.32. The molecule has 1 unspecified atom stereocenters. The Bertz CT molecular complexity index is 1360. The van der Waals surface area contributed by atoms with E-state index in [0.29, 0.717) is 34.0 Å². The maximum absolute atomic E-state index is 12.9. The van der Waals surface area contributed by atoms with Crippen molar-refractivity contribution in [3.63, 3.8) is 0 Å². The van der Waals surface area contributed by atoms with Gasteiger partial charge in [-0.3, -0.25) is 4.79 Å². The fourth-order valence-electron chi connectivity index (χ4n) is 4.81. The molecule has 0 radical (unpaired) electrons. The van der Waals surface area contributed by atoms with Crippen molar-refractivity contribution < 1.29 is 9.53 Å². The average Bonchev–Trinajstić information content (AvgIpc) is 3.43. The van der Waals surface area contributed by atoms with E-state index in [1.165, 1.54) is 16.6 Å². The summed E-state index contributed by atoms with van der Waals surface area (Å²) in [4.78, 5) is 14.1. The van der Waals surface area contributed by atoms with Gasteiger partial charge in [0.1, 0.15) is 23.4 Å². The van der Waals surface area contributed by atoms with Crippen molar-refractivity contribution in [2.75, 3.05) is 11.1 Å². The van der Waals surface area contributed by atoms with Crippen molar-refractivity contribution >= 4 is 45.6 Å². The highest BCUT2D eigenvalue weighted by Crippen LogP contribution is 2.44. The largest absolute Gasteiger partial charge is 0.486 e. The molecule has 1 aliphatic rings. The molecule has 38 heavy (non-hydrogen) atoms. The first-order valence-electron chi connectivity index (χ1n) is 12.8. The van der Waals surface area contributed by atoms with E-state index in [1.807, 2.05) is 37.5 Å². The lowest BCUT2D eigenvalue weighted by Crippen LogP contribution is -2.26. The number of nitriles is 1. The van der Waals surface area contributed by atoms with Gasteiger partial charge in [0.05, 0.1) is 11.3 Å². The lowest BCUT2D eigenvalue weighted by molar-refractivity contribution is -0.113. The zero-order valence-corrected chi connectivity index (χ0v) is 25.2. The topological polar surface area (TPSA) is 92.8 Å². The Balaban J connectivity index is 1.39. The minimum Gasteiger partial charge on any atom is -0.486 e. The van der Waals surface area contributed by atoms with Crippen LogP contribution in [0.25, 0.3) is 0 Å². The first kappa shape index (κ1) is 28.5. The Hall–Kier alpha value is -2.54. The molecule has 1 aliphatic carbocycles. The monoisotopic (exact) mass is 571 g/mol. The average molecular weight is 572 g/mol. The summed E-state index contributed by atoms with van der Waals surface area (Å²) >= 11 is 9.14. The molecule has 2 aromatic heterocycles. The third kappa shape index (κ3) is 6.19. The summed E-state index contributed by atoms with van der Waals surface area (Å²) in [7, 11) is 0. The van der Waals surface area contributed by atoms with Crippen LogP contribution in [0.4, 0.5) is 5.00 Å². The second-order valence-electron chi connectivity index (χ2n) is 10.8. The third-order valence-corrected chi connectivity index (χ3v) is 9.81. The molecule has 1 amide bonds. The number of thiophene rings is 1. The summed E-state index contributed by atoms with van der Waals surface area (Å²) in [6, 6.07) is 6.15. The van der Waals surface area contributed by atoms with Crippen molar-refractivity contribution in [1.82, 2.24) is 14.8 Å². The Morgan fingerprint density at radius 1 is 1.32 bits per heavy atom. The molecule has 7 nitrogen and oxygen atoms in total. The zero-order chi connectivity index (χ0) is 27.6. The number of aromatic nitrogens is 3. The van der Waals surface area contributed by atoms with E-state index in [4.69, 9.17) is 16.3 Å². The van der Waals surface area contributed by atoms with E-state index in [1.54, 1.807) is 11.3 Å². The molecule has 0 saturated carbocycles. The number of amides is 1. The number of hydrogen-bond donors (Lipinski definition) is 1. The van der Waals surface area contributed by atoms with Crippen LogP contribution in [0.3, 0.4) is 0 Å². The van der Waals surface area contributed by atoms with Crippen LogP contribution in [0.15, 0.2) is 17.3 Å². The molecule has 0 spiro atoms. The quantitative estimate of drug-likeness (QED) is 0.294. The number of benzene rings is 1. The van der Waals surface area contributed by atoms with E-state index < -0.39 is 0 Å². The van der Waals surface area contributed by atoms with E-state index in [0.717, 1.165) is 46.7 Å². The molecule has 10 heteroatoms. The number of hydrogen-bond acceptors (Lipinski definition) is 7. The van der Waals surface area contributed by atoms with Crippen LogP contribution in [0, 0.1) is 36.5 Å². The second-order valence-corrected chi connectivity index (χ2v) is 13.2. The molecule has 4 rings (SSSR count). The fraction of sp³-hybridized carbons (Fsp3) is 0.500. The minimum absolute atomic E-state index is 0.159. The lowest BCUT2D eigenvalue weighted by atomic mass is 9.72. The van der Waals surface area contributed by atoms with E-state index >= 15 is 0 Å². The molecule has 0 fully saturated rings. The Kier molecular flexibility index (Phi) is 8.75. The van der Waals surface area contributed by atoms with E-state index in [-0.39, 0.29) is 23.7 Å². The highest BCUT2D eigenvalue weighted by molar-refractivity contribution is 7.99. The van der Waals surface area contributed by atoms with Gasteiger partial charge in [0.15, 0.2) is 11.0 Å². The smallest absolute Gasteiger partial charge is 0.235 e. The normalized spacial score (nSPS) is 15.2. The molecule has 0 saturated heterocycles. The summed E-state index contributed by atoms with van der Waals surface area (Å²) in [5.74, 6) is 2.00. The van der Waals surface area contributed by atoms with Gasteiger partial charge < -0.3 is 14.6 Å². The van der Waals surface area contributed by atoms with Gasteiger partial charge in [-0.1, -0.05) is 44.1 Å². The summed E-state index contributed by atoms with van der Waals surface area (Å²) in [6.45, 7) is 13.6. The van der Waals surface area contributed by atoms with Crippen molar-refractivity contribution in [1.29, 1.82) is 5.26 Å². The predicted molar refractivity (Wildman–Crippen MR) is 154 cm³/mol. The molecule has 0 aliphatic heterocycles. The maximum Gasteiger partial charge on any atom is 0.235 e. The number of ether oxygens (including phenoxy) is 1. The van der Waals surface area contributed by atoms with E-state index in [2.05, 4.69) is 42.4 Å². The van der Waals surface area contributed by atoms with Gasteiger partial charge in [0.2, 0.25) is 5.91 Å². The Labute approximate surface area is 237 Å². The standard InChI is InChI=1S/C28H34ClN5O2S2/c1-7-34-23(14-36-19-10-16(2)25(29)17(3)11-19)32-33-27(34)37-15-24(35)31-26-21(13-30)20-9-8-18(28(4,5)6)12-22(20)38-26/h10-11,18H,7-9,12,14-15H2,1-6H3,(H,31,35). The predicted octanol–water partition coefficient (Wildman–Crippen LogP) is 6.96. The maximum atomic E-state index is 12.9. The van der Waals surface area contributed by atoms with Crippen LogP contribution in [0.2, 0.25) is 5.02 Å². The number of carbonyl (C=O) groups is 1. The van der Waals surface area contributed by atoms with Gasteiger partial charge in [-0.05, 0) is 80.2 Å². The number of rotatable bonds is 8. The summed E-state index contributed by atoms with van der Waals surface area (Å²) in [5, 5.41) is 23.5. The van der Waals surface area contributed by atoms with Crippen LogP contribution in [0.5, 0.6) is 5.75 Å². The number of anilines is 1. The fourth-order valence-corrected chi connectivity index (χ4v) is 7.04. The van der Waals surface area contributed by atoms with Gasteiger partial charge >= 0.3 is 0 Å². The molecule has 1 atom stereocenters. The van der Waals surface area contributed by atoms with Crippen LogP contribution >= 0.6 is 34.7 Å². The lowest BCUT2D eigenvalue weighted by Gasteiger charge is -2.33. The second kappa shape index (κ2) is 11.7. The molecular formula is C28H34ClN5O2S2. The number of nitrogens with one attached hydrogen (secondary N) is 1. The van der Waals surface area contributed by atoms with Crippen LogP contribution in [0.1, 0.15) is 67.1 Å². The first-order valence-corrected chi connectivity index (χ1v) is 15.0. The number of carbonyl (C=O) groups excluding carboxylic acids is 1. The number of halogens is 1. The van der Waals surface area contributed by atoms with Gasteiger partial charge in [-0.25, -0.2) is 0 Å². The first-order chi connectivity index (χ1) is 18.0. The van der Waals surface area contributed by atoms with Crippen LogP contribution in [-0.2, 0) is 30.8 Å². The number of aryl methyl sites for hydroxylation is 2. The zero-order valence-electron chi connectivity index (χ0n) is 22.8. The van der Waals surface area contributed by atoms with Crippen molar-refractivity contribution in [2.45, 2.75) is 79.1 Å². The van der Waals surface area contributed by atoms with Gasteiger partial charge in [-0.15, -0.1) is 21.5 Å². The van der Waals surface area contributed by atoms with Gasteiger partial charge in [-0.2, -0.15) is 5.26 Å². The summed E-state index contributed by atoms with van der Waals surface area (Å²) in [5.41, 5.74) is 3.88. The van der Waals surface area contributed by atoms with Gasteiger partial charge in [0, 0.05) is 16.4 Å². The molecule has 1 aromatic carbocycles. The molecule has 0 bridgehead atoms. The van der Waals surface area contributed by atoms with Crippen molar-refractivity contribution in [3.8, 4) is 11.8 Å². The molecule has 202 valence electrons. The Morgan fingerprint density at radius 2 is 2.03 bits per heavy atom. The van der Waals surface area contributed by atoms with Crippen LogP contribution < -0.4 is 10.1 Å². The number of fused-ring (bicyclic) bond motifs is 1. The molecule has 1 N–H and O–H groups in total. The number of thioether (sulfide) groups is 1. The van der Waals surface area contributed by atoms with Crippen LogP contribution in [-0.4, -0.2) is 26.4 Å². The summed E-state index contributed by atoms with van der Waals surface area (Å²) in [6.07, 6.45) is 2.92. The third-order valence-electron chi connectivity index (χ3n) is 7.07. The van der Waals surface area contributed by atoms with Gasteiger partial charge in [0.25, 0.3) is 0 Å². The number of nitrogens with zero attached hydrogens (tertiary/aromatic N) is 4. The Morgan fingerprint density at radius 3 is 2.66 bits per heavy atom. The SMILES string of the molecule is CCn1c(COc2cc(C)c(Cl)c(C)c2)nnc1SCC(=O)Nc1sc2c(c1C#N)CCC(C(C)(C)C)C2. The molecule has 3 aromatic rings. The molecule has 2 heterocycles. The summed E-state index contributed by atoms with van der Waals surface area (Å²) < 4.78 is 7.91.